The van der Waals surface area contributed by atoms with Gasteiger partial charge in [0.05, 0.1) is 0 Å². The van der Waals surface area contributed by atoms with Gasteiger partial charge in [-0.2, -0.15) is 13.2 Å². The predicted octanol–water partition coefficient (Wildman–Crippen LogP) is 2.15. The lowest BCUT2D eigenvalue weighted by atomic mass is 9.94. The first-order valence-electron chi connectivity index (χ1n) is 12.1. The molecule has 41 heavy (non-hydrogen) atoms. The summed E-state index contributed by atoms with van der Waals surface area (Å²) in [6.07, 6.45) is -5.90. The maximum Gasteiger partial charge on any atom is 0.418 e. The number of hydrogen-bond donors (Lipinski definition) is 2. The average Bonchev–Trinajstić information content (AvgIpc) is 3.33. The number of fused-ring (bicyclic) bond motifs is 2. The number of halogens is 4. The van der Waals surface area contributed by atoms with Gasteiger partial charge in [0.25, 0.3) is 5.91 Å². The van der Waals surface area contributed by atoms with Crippen LogP contribution < -0.4 is 10.5 Å². The van der Waals surface area contributed by atoms with Crippen molar-refractivity contribution < 1.29 is 49.9 Å². The highest BCUT2D eigenvalue weighted by molar-refractivity contribution is 7.89. The van der Waals surface area contributed by atoms with E-state index in [1.807, 2.05) is 0 Å². The quantitative estimate of drug-likeness (QED) is 0.440. The molecule has 1 aliphatic heterocycles. The first kappa shape index (κ1) is 29.9. The Morgan fingerprint density at radius 3 is 2.44 bits per heavy atom. The number of nitrogens with two attached hydrogens (primary N) is 1. The van der Waals surface area contributed by atoms with Crippen LogP contribution in [0, 0.1) is 5.82 Å². The molecule has 0 saturated carbocycles. The van der Waals surface area contributed by atoms with E-state index >= 15 is 0 Å². The van der Waals surface area contributed by atoms with Crippen LogP contribution in [0.4, 0.5) is 28.0 Å². The average molecular weight is 601 g/mol. The number of ether oxygens (including phenoxy) is 1. The van der Waals surface area contributed by atoms with Gasteiger partial charge in [0.2, 0.25) is 27.4 Å². The summed E-state index contributed by atoms with van der Waals surface area (Å²) in [4.78, 5) is 52.1. The zero-order valence-corrected chi connectivity index (χ0v) is 22.2. The van der Waals surface area contributed by atoms with Crippen LogP contribution in [0.1, 0.15) is 30.0 Å². The molecule has 4 rings (SSSR count). The third kappa shape index (κ3) is 6.32. The van der Waals surface area contributed by atoms with E-state index in [0.29, 0.717) is 15.4 Å². The molecule has 1 spiro atoms. The summed E-state index contributed by atoms with van der Waals surface area (Å²) < 4.78 is 81.7. The van der Waals surface area contributed by atoms with Gasteiger partial charge in [0.1, 0.15) is 24.2 Å². The molecule has 2 aromatic rings. The minimum Gasteiger partial charge on any atom is -0.427 e. The number of carbonyl (C=O) groups excluding carboxylic acids is 4. The van der Waals surface area contributed by atoms with Crippen LogP contribution in [0.15, 0.2) is 42.5 Å². The highest BCUT2D eigenvalue weighted by Gasteiger charge is 2.58. The fraction of sp³-hybridized carbons (Fsp3) is 0.360. The van der Waals surface area contributed by atoms with E-state index < -0.39 is 76.3 Å². The Kier molecular flexibility index (Phi) is 7.84. The second-order valence-electron chi connectivity index (χ2n) is 9.68. The molecule has 2 atom stereocenters. The normalized spacial score (nSPS) is 19.2. The number of rotatable bonds is 8. The third-order valence-corrected chi connectivity index (χ3v) is 7.46. The van der Waals surface area contributed by atoms with Crippen LogP contribution >= 0.6 is 0 Å². The Balaban J connectivity index is 1.54. The highest BCUT2D eigenvalue weighted by atomic mass is 32.2. The molecule has 4 amide bonds. The zero-order valence-electron chi connectivity index (χ0n) is 21.4. The lowest BCUT2D eigenvalue weighted by molar-refractivity contribution is -0.187. The molecular formula is C25H24F4N4O7S. The SMILES string of the molecule is C[C@H](N(Cc1ccc(F)cc1)C(=O)CN1C(=O)O[C@@]2(CCc3cc(NC(=O)CS(N)(=O)=O)ccc32)C1=O)C(F)(F)F. The van der Waals surface area contributed by atoms with Gasteiger partial charge >= 0.3 is 12.3 Å². The van der Waals surface area contributed by atoms with Crippen molar-refractivity contribution in [1.82, 2.24) is 9.80 Å². The second-order valence-corrected chi connectivity index (χ2v) is 11.3. The molecule has 1 aliphatic carbocycles. The smallest absolute Gasteiger partial charge is 0.418 e. The molecule has 220 valence electrons. The zero-order chi connectivity index (χ0) is 30.3. The van der Waals surface area contributed by atoms with Gasteiger partial charge in [-0.25, -0.2) is 27.6 Å². The van der Waals surface area contributed by atoms with E-state index in [1.165, 1.54) is 30.3 Å². The maximum atomic E-state index is 13.6. The molecule has 0 unspecified atom stereocenters. The van der Waals surface area contributed by atoms with Gasteiger partial charge in [0, 0.05) is 24.2 Å². The van der Waals surface area contributed by atoms with Crippen molar-refractivity contribution in [3.8, 4) is 0 Å². The van der Waals surface area contributed by atoms with Crippen LogP contribution in [-0.4, -0.2) is 66.5 Å². The van der Waals surface area contributed by atoms with Gasteiger partial charge in [-0.3, -0.25) is 14.4 Å². The van der Waals surface area contributed by atoms with Crippen LogP contribution in [0.2, 0.25) is 0 Å². The van der Waals surface area contributed by atoms with Crippen molar-refractivity contribution in [2.75, 3.05) is 17.6 Å². The van der Waals surface area contributed by atoms with E-state index in [2.05, 4.69) is 5.32 Å². The Bertz CT molecular complexity index is 1510. The van der Waals surface area contributed by atoms with Gasteiger partial charge < -0.3 is 15.0 Å². The molecule has 0 radical (unpaired) electrons. The van der Waals surface area contributed by atoms with Crippen LogP contribution in [0.25, 0.3) is 0 Å². The summed E-state index contributed by atoms with van der Waals surface area (Å²) in [5, 5.41) is 7.22. The Morgan fingerprint density at radius 2 is 1.83 bits per heavy atom. The first-order chi connectivity index (χ1) is 19.0. The lowest BCUT2D eigenvalue weighted by Gasteiger charge is -2.31. The number of imide groups is 1. The largest absolute Gasteiger partial charge is 0.427 e. The molecule has 0 bridgehead atoms. The molecule has 0 aromatic heterocycles. The third-order valence-electron chi connectivity index (χ3n) is 6.80. The number of primary sulfonamides is 1. The molecule has 3 N–H and O–H groups in total. The molecule has 1 fully saturated rings. The number of carbonyl (C=O) groups is 4. The highest BCUT2D eigenvalue weighted by Crippen LogP contribution is 2.46. The number of anilines is 1. The number of aryl methyl sites for hydroxylation is 1. The van der Waals surface area contributed by atoms with Gasteiger partial charge in [-0.05, 0) is 48.7 Å². The molecular weight excluding hydrogens is 576 g/mol. The molecule has 2 aromatic carbocycles. The fourth-order valence-electron chi connectivity index (χ4n) is 4.74. The number of nitrogens with one attached hydrogen (secondary N) is 1. The second kappa shape index (κ2) is 10.7. The molecule has 2 aliphatic rings. The summed E-state index contributed by atoms with van der Waals surface area (Å²) in [6, 6.07) is 6.36. The van der Waals surface area contributed by atoms with E-state index in [9.17, 15) is 45.2 Å². The molecule has 1 heterocycles. The fourth-order valence-corrected chi connectivity index (χ4v) is 5.18. The minimum absolute atomic E-state index is 0.0373. The topological polar surface area (TPSA) is 156 Å². The number of nitrogens with zero attached hydrogens (tertiary/aromatic N) is 2. The van der Waals surface area contributed by atoms with Crippen LogP contribution in [0.3, 0.4) is 0 Å². The van der Waals surface area contributed by atoms with Gasteiger partial charge in [-0.15, -0.1) is 0 Å². The maximum absolute atomic E-state index is 13.6. The van der Waals surface area contributed by atoms with Crippen molar-refractivity contribution in [3.05, 3.63) is 65.0 Å². The van der Waals surface area contributed by atoms with Crippen LogP contribution in [-0.2, 0) is 47.7 Å². The van der Waals surface area contributed by atoms with Gasteiger partial charge in [-0.1, -0.05) is 18.2 Å². The standard InChI is InChI=1S/C25H24F4N4O7S/c1-14(25(27,28)29)32(11-15-2-4-17(26)5-3-15)21(35)12-33-22(36)24(40-23(33)37)9-8-16-10-18(6-7-19(16)24)31-20(34)13-41(30,38)39/h2-7,10,14H,8-9,11-13H2,1H3,(H,31,34)(H2,30,38,39)/t14-,24+/m0/s1. The summed E-state index contributed by atoms with van der Waals surface area (Å²) in [6.45, 7) is -0.845. The Labute approximate surface area is 231 Å². The van der Waals surface area contributed by atoms with Crippen molar-refractivity contribution >= 4 is 39.5 Å². The summed E-state index contributed by atoms with van der Waals surface area (Å²) >= 11 is 0. The van der Waals surface area contributed by atoms with Crippen LogP contribution in [0.5, 0.6) is 0 Å². The summed E-state index contributed by atoms with van der Waals surface area (Å²) in [7, 11) is -4.07. The predicted molar refractivity (Wildman–Crippen MR) is 134 cm³/mol. The Hall–Kier alpha value is -4.05. The Morgan fingerprint density at radius 1 is 1.17 bits per heavy atom. The van der Waals surface area contributed by atoms with Crippen molar-refractivity contribution in [3.63, 3.8) is 0 Å². The number of sulfonamides is 1. The molecule has 16 heteroatoms. The number of benzene rings is 2. The number of alkyl halides is 3. The first-order valence-corrected chi connectivity index (χ1v) is 13.8. The monoisotopic (exact) mass is 600 g/mol. The summed E-state index contributed by atoms with van der Waals surface area (Å²) in [5.74, 6) is -4.61. The van der Waals surface area contributed by atoms with E-state index in [4.69, 9.17) is 9.88 Å². The van der Waals surface area contributed by atoms with Crippen molar-refractivity contribution in [1.29, 1.82) is 0 Å². The van der Waals surface area contributed by atoms with E-state index in [0.717, 1.165) is 19.1 Å². The lowest BCUT2D eigenvalue weighted by Crippen LogP contribution is -2.51. The van der Waals surface area contributed by atoms with Gasteiger partial charge in [0.15, 0.2) is 0 Å². The van der Waals surface area contributed by atoms with Crippen molar-refractivity contribution in [2.24, 2.45) is 5.14 Å². The van der Waals surface area contributed by atoms with Crippen molar-refractivity contribution in [2.45, 2.75) is 44.1 Å². The number of hydrogen-bond acceptors (Lipinski definition) is 7. The van der Waals surface area contributed by atoms with E-state index in [-0.39, 0.29) is 29.7 Å². The minimum atomic E-state index is -4.84. The van der Waals surface area contributed by atoms with E-state index in [1.54, 1.807) is 0 Å². The number of amides is 4. The molecule has 1 saturated heterocycles. The summed E-state index contributed by atoms with van der Waals surface area (Å²) in [5.41, 5.74) is -0.707. The molecule has 11 nitrogen and oxygen atoms in total.